The summed E-state index contributed by atoms with van der Waals surface area (Å²) in [6.07, 6.45) is 0. The van der Waals surface area contributed by atoms with Crippen molar-refractivity contribution in [1.82, 2.24) is 0 Å². The Morgan fingerprint density at radius 2 is 1.94 bits per heavy atom. The van der Waals surface area contributed by atoms with Gasteiger partial charge in [-0.25, -0.2) is 0 Å². The SMILES string of the molecule is C=C(Oc1cccc(C(=O)[O-])c1N)C(=O)[O-]. The van der Waals surface area contributed by atoms with Gasteiger partial charge in [0, 0.05) is 5.56 Å². The van der Waals surface area contributed by atoms with Gasteiger partial charge in [0.25, 0.3) is 0 Å². The summed E-state index contributed by atoms with van der Waals surface area (Å²) in [4.78, 5) is 20.9. The van der Waals surface area contributed by atoms with Crippen molar-refractivity contribution < 1.29 is 24.5 Å². The molecule has 0 bridgehead atoms. The van der Waals surface area contributed by atoms with Gasteiger partial charge >= 0.3 is 0 Å². The third kappa shape index (κ3) is 2.30. The number of aliphatic carboxylic acids is 1. The van der Waals surface area contributed by atoms with Gasteiger partial charge in [-0.1, -0.05) is 18.7 Å². The molecule has 0 amide bonds. The Kier molecular flexibility index (Phi) is 3.14. The molecule has 0 heterocycles. The zero-order chi connectivity index (χ0) is 12.3. The number of carbonyl (C=O) groups excluding carboxylic acids is 2. The summed E-state index contributed by atoms with van der Waals surface area (Å²) in [5.41, 5.74) is 4.91. The summed E-state index contributed by atoms with van der Waals surface area (Å²) in [5.74, 6) is -3.89. The summed E-state index contributed by atoms with van der Waals surface area (Å²) in [6.45, 7) is 3.06. The van der Waals surface area contributed by atoms with Crippen LogP contribution in [0.4, 0.5) is 5.69 Å². The summed E-state index contributed by atoms with van der Waals surface area (Å²) < 4.78 is 4.72. The Morgan fingerprint density at radius 3 is 2.44 bits per heavy atom. The molecular formula is C10H7NO5-2. The lowest BCUT2D eigenvalue weighted by molar-refractivity contribution is -0.301. The maximum absolute atomic E-state index is 10.6. The largest absolute Gasteiger partial charge is 0.545 e. The fourth-order valence-corrected chi connectivity index (χ4v) is 0.985. The quantitative estimate of drug-likeness (QED) is 0.367. The number of carbonyl (C=O) groups is 2. The standard InChI is InChI=1S/C10H9NO5/c1-5(9(12)13)16-7-4-2-3-6(8(7)11)10(14)15/h2-4H,1,11H2,(H,12,13)(H,14,15)/p-2. The smallest absolute Gasteiger partial charge is 0.151 e. The number of hydrogen-bond donors (Lipinski definition) is 1. The number of ether oxygens (including phenoxy) is 1. The number of carboxylic acids is 2. The summed E-state index contributed by atoms with van der Waals surface area (Å²) >= 11 is 0. The average Bonchev–Trinajstić information content (AvgIpc) is 2.20. The van der Waals surface area contributed by atoms with Gasteiger partial charge in [-0.2, -0.15) is 0 Å². The van der Waals surface area contributed by atoms with Crippen LogP contribution >= 0.6 is 0 Å². The Hall–Kier alpha value is -2.50. The molecule has 0 atom stereocenters. The summed E-state index contributed by atoms with van der Waals surface area (Å²) in [5, 5.41) is 20.9. The molecule has 6 heteroatoms. The van der Waals surface area contributed by atoms with Crippen molar-refractivity contribution in [2.24, 2.45) is 0 Å². The molecule has 0 aliphatic rings. The van der Waals surface area contributed by atoms with Gasteiger partial charge in [0.05, 0.1) is 11.7 Å². The number of para-hydroxylation sites is 1. The Morgan fingerprint density at radius 1 is 1.31 bits per heavy atom. The monoisotopic (exact) mass is 221 g/mol. The van der Waals surface area contributed by atoms with Crippen molar-refractivity contribution in [3.63, 3.8) is 0 Å². The minimum atomic E-state index is -1.61. The molecule has 0 aromatic heterocycles. The van der Waals surface area contributed by atoms with Crippen molar-refractivity contribution in [3.8, 4) is 5.75 Å². The molecule has 2 N–H and O–H groups in total. The Labute approximate surface area is 90.6 Å². The second-order valence-electron chi connectivity index (χ2n) is 2.82. The maximum Gasteiger partial charge on any atom is 0.151 e. The Balaban J connectivity index is 3.07. The number of benzene rings is 1. The fraction of sp³-hybridized carbons (Fsp3) is 0. The molecule has 0 radical (unpaired) electrons. The third-order valence-electron chi connectivity index (χ3n) is 1.75. The van der Waals surface area contributed by atoms with Gasteiger partial charge in [-0.15, -0.1) is 0 Å². The first-order valence-electron chi connectivity index (χ1n) is 4.11. The van der Waals surface area contributed by atoms with Gasteiger partial charge in [-0.3, -0.25) is 0 Å². The molecular weight excluding hydrogens is 214 g/mol. The van der Waals surface area contributed by atoms with E-state index in [1.165, 1.54) is 18.2 Å². The zero-order valence-electron chi connectivity index (χ0n) is 8.06. The van der Waals surface area contributed by atoms with Gasteiger partial charge in [0.2, 0.25) is 0 Å². The second-order valence-corrected chi connectivity index (χ2v) is 2.82. The number of carboxylic acid groups (broad SMARTS) is 2. The lowest BCUT2D eigenvalue weighted by Crippen LogP contribution is -2.27. The van der Waals surface area contributed by atoms with Crippen LogP contribution in [0.15, 0.2) is 30.5 Å². The molecule has 6 nitrogen and oxygen atoms in total. The lowest BCUT2D eigenvalue weighted by atomic mass is 10.1. The van der Waals surface area contributed by atoms with E-state index >= 15 is 0 Å². The highest BCUT2D eigenvalue weighted by atomic mass is 16.5. The Bertz CT molecular complexity index is 466. The molecule has 0 aliphatic heterocycles. The minimum Gasteiger partial charge on any atom is -0.545 e. The number of nitrogens with two attached hydrogens (primary N) is 1. The van der Waals surface area contributed by atoms with Gasteiger partial charge in [0.15, 0.2) is 5.75 Å². The van der Waals surface area contributed by atoms with Crippen LogP contribution in [-0.4, -0.2) is 11.9 Å². The number of aromatic carboxylic acids is 1. The summed E-state index contributed by atoms with van der Waals surface area (Å²) in [6, 6.07) is 3.84. The summed E-state index contributed by atoms with van der Waals surface area (Å²) in [7, 11) is 0. The molecule has 0 saturated heterocycles. The van der Waals surface area contributed by atoms with E-state index in [1.54, 1.807) is 0 Å². The van der Waals surface area contributed by atoms with Crippen LogP contribution in [0.1, 0.15) is 10.4 Å². The highest BCUT2D eigenvalue weighted by Gasteiger charge is 2.08. The van der Waals surface area contributed by atoms with Gasteiger partial charge in [0.1, 0.15) is 11.7 Å². The molecule has 1 rings (SSSR count). The zero-order valence-corrected chi connectivity index (χ0v) is 8.06. The minimum absolute atomic E-state index is 0.129. The van der Waals surface area contributed by atoms with E-state index in [2.05, 4.69) is 6.58 Å². The number of anilines is 1. The predicted octanol–water partition coefficient (Wildman–Crippen LogP) is -1.73. The van der Waals surface area contributed by atoms with E-state index in [4.69, 9.17) is 10.5 Å². The van der Waals surface area contributed by atoms with Gasteiger partial charge < -0.3 is 30.3 Å². The first-order chi connectivity index (χ1) is 7.43. The average molecular weight is 221 g/mol. The maximum atomic E-state index is 10.6. The van der Waals surface area contributed by atoms with Crippen LogP contribution in [0.2, 0.25) is 0 Å². The highest BCUT2D eigenvalue weighted by Crippen LogP contribution is 2.26. The van der Waals surface area contributed by atoms with Crippen LogP contribution in [0.25, 0.3) is 0 Å². The third-order valence-corrected chi connectivity index (χ3v) is 1.75. The van der Waals surface area contributed by atoms with E-state index < -0.39 is 17.7 Å². The molecule has 0 saturated carbocycles. The van der Waals surface area contributed by atoms with Crippen LogP contribution in [0.5, 0.6) is 5.75 Å². The molecule has 0 unspecified atom stereocenters. The molecule has 0 fully saturated rings. The van der Waals surface area contributed by atoms with Crippen LogP contribution < -0.4 is 20.7 Å². The first-order valence-corrected chi connectivity index (χ1v) is 4.11. The van der Waals surface area contributed by atoms with E-state index in [0.29, 0.717) is 0 Å². The van der Waals surface area contributed by atoms with E-state index in [-0.39, 0.29) is 17.0 Å². The molecule has 1 aromatic rings. The number of hydrogen-bond acceptors (Lipinski definition) is 6. The first kappa shape index (κ1) is 11.6. The van der Waals surface area contributed by atoms with Crippen LogP contribution in [-0.2, 0) is 4.79 Å². The molecule has 16 heavy (non-hydrogen) atoms. The topological polar surface area (TPSA) is 116 Å². The number of rotatable bonds is 4. The normalized spacial score (nSPS) is 9.50. The van der Waals surface area contributed by atoms with Crippen molar-refractivity contribution in [1.29, 1.82) is 0 Å². The highest BCUT2D eigenvalue weighted by molar-refractivity contribution is 5.94. The molecule has 0 aliphatic carbocycles. The van der Waals surface area contributed by atoms with Crippen LogP contribution in [0.3, 0.4) is 0 Å². The number of nitrogen functional groups attached to an aromatic ring is 1. The van der Waals surface area contributed by atoms with Crippen LogP contribution in [0, 0.1) is 0 Å². The molecule has 1 aromatic carbocycles. The van der Waals surface area contributed by atoms with Crippen molar-refractivity contribution in [2.75, 3.05) is 5.73 Å². The van der Waals surface area contributed by atoms with E-state index in [0.717, 1.165) is 0 Å². The predicted molar refractivity (Wildman–Crippen MR) is 50.0 cm³/mol. The van der Waals surface area contributed by atoms with Crippen molar-refractivity contribution >= 4 is 17.6 Å². The lowest BCUT2D eigenvalue weighted by Gasteiger charge is -2.14. The van der Waals surface area contributed by atoms with Crippen molar-refractivity contribution in [3.05, 3.63) is 36.1 Å². The van der Waals surface area contributed by atoms with Gasteiger partial charge in [-0.05, 0) is 6.07 Å². The molecule has 84 valence electrons. The molecule has 0 spiro atoms. The van der Waals surface area contributed by atoms with E-state index in [1.807, 2.05) is 0 Å². The van der Waals surface area contributed by atoms with Crippen molar-refractivity contribution in [2.45, 2.75) is 0 Å². The second kappa shape index (κ2) is 4.35. The fourth-order valence-electron chi connectivity index (χ4n) is 0.985. The van der Waals surface area contributed by atoms with E-state index in [9.17, 15) is 19.8 Å².